The van der Waals surface area contributed by atoms with Crippen molar-refractivity contribution in [3.8, 4) is 11.5 Å². The van der Waals surface area contributed by atoms with Gasteiger partial charge in [0.15, 0.2) is 11.5 Å². The van der Waals surface area contributed by atoms with E-state index in [9.17, 15) is 5.11 Å². The van der Waals surface area contributed by atoms with E-state index in [0.717, 1.165) is 51.4 Å². The first-order valence-corrected chi connectivity index (χ1v) is 8.96. The first kappa shape index (κ1) is 17.5. The van der Waals surface area contributed by atoms with E-state index in [-0.39, 0.29) is 6.61 Å². The summed E-state index contributed by atoms with van der Waals surface area (Å²) < 4.78 is 12.0. The fourth-order valence-corrected chi connectivity index (χ4v) is 3.45. The number of para-hydroxylation sites is 2. The van der Waals surface area contributed by atoms with Crippen molar-refractivity contribution in [2.24, 2.45) is 5.73 Å². The van der Waals surface area contributed by atoms with Crippen molar-refractivity contribution in [3.05, 3.63) is 24.3 Å². The summed E-state index contributed by atoms with van der Waals surface area (Å²) in [6.45, 7) is 5.94. The third-order valence-electron chi connectivity index (χ3n) is 4.98. The first-order valence-electron chi connectivity index (χ1n) is 8.96. The second-order valence-electron chi connectivity index (χ2n) is 6.62. The minimum atomic E-state index is -0.764. The zero-order valence-corrected chi connectivity index (χ0v) is 14.3. The Balaban J connectivity index is 1.55. The Bertz CT molecular complexity index is 520. The molecule has 1 aromatic carbocycles. The lowest BCUT2D eigenvalue weighted by atomic mass is 10.1. The fourth-order valence-electron chi connectivity index (χ4n) is 3.45. The van der Waals surface area contributed by atoms with Crippen LogP contribution in [0.5, 0.6) is 11.5 Å². The molecule has 3 rings (SSSR count). The van der Waals surface area contributed by atoms with Crippen LogP contribution in [0.15, 0.2) is 24.3 Å². The lowest BCUT2D eigenvalue weighted by Crippen LogP contribution is -2.65. The minimum Gasteiger partial charge on any atom is -0.484 e. The molecule has 1 unspecified atom stereocenters. The largest absolute Gasteiger partial charge is 0.484 e. The van der Waals surface area contributed by atoms with Crippen molar-refractivity contribution < 1.29 is 14.6 Å². The molecule has 0 amide bonds. The molecular formula is C18H29N3O3. The van der Waals surface area contributed by atoms with Gasteiger partial charge in [-0.25, -0.2) is 0 Å². The Morgan fingerprint density at radius 1 is 1.04 bits per heavy atom. The van der Waals surface area contributed by atoms with E-state index in [1.807, 2.05) is 24.3 Å². The number of piperazine rings is 1. The number of fused-ring (bicyclic) bond motifs is 1. The summed E-state index contributed by atoms with van der Waals surface area (Å²) in [6.07, 6.45) is 3.51. The molecule has 0 bridgehead atoms. The van der Waals surface area contributed by atoms with Gasteiger partial charge in [0.25, 0.3) is 0 Å². The number of benzene rings is 1. The Hall–Kier alpha value is -1.34. The van der Waals surface area contributed by atoms with Gasteiger partial charge >= 0.3 is 0 Å². The summed E-state index contributed by atoms with van der Waals surface area (Å²) in [4.78, 5) is 4.70. The highest BCUT2D eigenvalue weighted by Gasteiger charge is 2.44. The van der Waals surface area contributed by atoms with Crippen LogP contribution in [0.1, 0.15) is 19.3 Å². The fraction of sp³-hybridized carbons (Fsp3) is 0.667. The smallest absolute Gasteiger partial charge is 0.220 e. The molecule has 3 N–H and O–H groups in total. The molecule has 0 spiro atoms. The van der Waals surface area contributed by atoms with Gasteiger partial charge < -0.3 is 25.2 Å². The molecule has 0 aromatic heterocycles. The van der Waals surface area contributed by atoms with Gasteiger partial charge in [-0.05, 0) is 38.1 Å². The van der Waals surface area contributed by atoms with E-state index >= 15 is 0 Å². The highest BCUT2D eigenvalue weighted by Crippen LogP contribution is 2.36. The highest BCUT2D eigenvalue weighted by atomic mass is 16.6. The number of hydrogen-bond acceptors (Lipinski definition) is 6. The Morgan fingerprint density at radius 2 is 1.79 bits per heavy atom. The highest BCUT2D eigenvalue weighted by molar-refractivity contribution is 5.41. The average molecular weight is 335 g/mol. The van der Waals surface area contributed by atoms with Gasteiger partial charge in [-0.2, -0.15) is 0 Å². The zero-order valence-electron chi connectivity index (χ0n) is 14.3. The Kier molecular flexibility index (Phi) is 5.94. The van der Waals surface area contributed by atoms with Crippen LogP contribution in [0.2, 0.25) is 0 Å². The minimum absolute atomic E-state index is 0.0716. The first-order chi connectivity index (χ1) is 11.8. The summed E-state index contributed by atoms with van der Waals surface area (Å²) in [5, 5.41) is 10.0. The van der Waals surface area contributed by atoms with Gasteiger partial charge in [0.2, 0.25) is 5.72 Å². The van der Waals surface area contributed by atoms with Crippen LogP contribution in [0.3, 0.4) is 0 Å². The van der Waals surface area contributed by atoms with Crippen LogP contribution in [-0.4, -0.2) is 73.1 Å². The van der Waals surface area contributed by atoms with E-state index in [0.29, 0.717) is 12.4 Å². The molecule has 0 aliphatic carbocycles. The molecule has 1 atom stereocenters. The topological polar surface area (TPSA) is 71.2 Å². The van der Waals surface area contributed by atoms with Crippen LogP contribution in [0.25, 0.3) is 0 Å². The number of nitrogens with zero attached hydrogens (tertiary/aromatic N) is 2. The van der Waals surface area contributed by atoms with Crippen LogP contribution in [-0.2, 0) is 0 Å². The summed E-state index contributed by atoms with van der Waals surface area (Å²) in [5.41, 5.74) is 4.78. The Morgan fingerprint density at radius 3 is 2.50 bits per heavy atom. The quantitative estimate of drug-likeness (QED) is 0.721. The number of nitrogens with two attached hydrogens (primary N) is 1. The SMILES string of the molecule is NCCCCCN1CCN(C2(CO)COc3ccccc3O2)CC1. The summed E-state index contributed by atoms with van der Waals surface area (Å²) in [5.74, 6) is 1.46. The molecule has 134 valence electrons. The molecular weight excluding hydrogens is 306 g/mol. The molecule has 1 fully saturated rings. The number of rotatable bonds is 7. The standard InChI is InChI=1S/C18H29N3O3/c19-8-4-1-5-9-20-10-12-21(13-11-20)18(14-22)15-23-16-6-2-3-7-17(16)24-18/h2-3,6-7,22H,1,4-5,8-15,19H2. The number of aliphatic hydroxyl groups excluding tert-OH is 1. The molecule has 2 aliphatic heterocycles. The van der Waals surface area contributed by atoms with Gasteiger partial charge in [-0.1, -0.05) is 18.6 Å². The second kappa shape index (κ2) is 8.16. The third-order valence-corrected chi connectivity index (χ3v) is 4.98. The predicted molar refractivity (Wildman–Crippen MR) is 93.3 cm³/mol. The second-order valence-corrected chi connectivity index (χ2v) is 6.62. The lowest BCUT2D eigenvalue weighted by Gasteiger charge is -2.47. The maximum absolute atomic E-state index is 10.0. The van der Waals surface area contributed by atoms with Crippen LogP contribution < -0.4 is 15.2 Å². The van der Waals surface area contributed by atoms with Gasteiger partial charge in [-0.15, -0.1) is 0 Å². The molecule has 24 heavy (non-hydrogen) atoms. The van der Waals surface area contributed by atoms with Crippen molar-refractivity contribution in [1.82, 2.24) is 9.80 Å². The Labute approximate surface area is 144 Å². The molecule has 6 heteroatoms. The van der Waals surface area contributed by atoms with Crippen molar-refractivity contribution in [3.63, 3.8) is 0 Å². The molecule has 1 saturated heterocycles. The van der Waals surface area contributed by atoms with Crippen molar-refractivity contribution in [2.45, 2.75) is 25.0 Å². The predicted octanol–water partition coefficient (Wildman–Crippen LogP) is 0.893. The molecule has 2 heterocycles. The van der Waals surface area contributed by atoms with Crippen LogP contribution >= 0.6 is 0 Å². The lowest BCUT2D eigenvalue weighted by molar-refractivity contribution is -0.163. The average Bonchev–Trinajstić information content (AvgIpc) is 2.65. The van der Waals surface area contributed by atoms with Crippen molar-refractivity contribution in [1.29, 1.82) is 0 Å². The van der Waals surface area contributed by atoms with E-state index in [1.54, 1.807) is 0 Å². The number of ether oxygens (including phenoxy) is 2. The van der Waals surface area contributed by atoms with Crippen molar-refractivity contribution in [2.75, 3.05) is 52.5 Å². The monoisotopic (exact) mass is 335 g/mol. The maximum Gasteiger partial charge on any atom is 0.220 e. The molecule has 6 nitrogen and oxygen atoms in total. The zero-order chi connectivity index (χ0) is 16.8. The van der Waals surface area contributed by atoms with Crippen LogP contribution in [0.4, 0.5) is 0 Å². The van der Waals surface area contributed by atoms with Gasteiger partial charge in [0.05, 0.1) is 0 Å². The summed E-state index contributed by atoms with van der Waals surface area (Å²) in [6, 6.07) is 7.65. The normalized spacial score (nSPS) is 24.9. The third kappa shape index (κ3) is 3.83. The van der Waals surface area contributed by atoms with Crippen molar-refractivity contribution >= 4 is 0 Å². The number of hydrogen-bond donors (Lipinski definition) is 2. The number of aliphatic hydroxyl groups is 1. The maximum atomic E-state index is 10.0. The van der Waals surface area contributed by atoms with Gasteiger partial charge in [0, 0.05) is 26.2 Å². The summed E-state index contributed by atoms with van der Waals surface area (Å²) >= 11 is 0. The molecule has 0 radical (unpaired) electrons. The molecule has 1 aromatic rings. The van der Waals surface area contributed by atoms with Gasteiger partial charge in [0.1, 0.15) is 13.2 Å². The van der Waals surface area contributed by atoms with E-state index in [1.165, 1.54) is 12.8 Å². The molecule has 2 aliphatic rings. The van der Waals surface area contributed by atoms with Gasteiger partial charge in [-0.3, -0.25) is 4.90 Å². The molecule has 0 saturated carbocycles. The summed E-state index contributed by atoms with van der Waals surface area (Å²) in [7, 11) is 0. The number of unbranched alkanes of at least 4 members (excludes halogenated alkanes) is 2. The van der Waals surface area contributed by atoms with E-state index in [4.69, 9.17) is 15.2 Å². The van der Waals surface area contributed by atoms with E-state index < -0.39 is 5.72 Å². The van der Waals surface area contributed by atoms with Crippen LogP contribution in [0, 0.1) is 0 Å². The van der Waals surface area contributed by atoms with E-state index in [2.05, 4.69) is 9.80 Å².